The molecule has 7 heteroatoms. The molecule has 0 N–H and O–H groups in total. The summed E-state index contributed by atoms with van der Waals surface area (Å²) in [4.78, 5) is 5.06. The molecule has 174 valence electrons. The van der Waals surface area contributed by atoms with E-state index in [0.29, 0.717) is 6.04 Å². The minimum atomic E-state index is 0.0345. The molecule has 2 fully saturated rings. The summed E-state index contributed by atoms with van der Waals surface area (Å²) in [5, 5.41) is 13.2. The van der Waals surface area contributed by atoms with Gasteiger partial charge in [0.15, 0.2) is 5.82 Å². The van der Waals surface area contributed by atoms with Crippen LogP contribution >= 0.6 is 0 Å². The lowest BCUT2D eigenvalue weighted by Crippen LogP contribution is -2.48. The molecule has 0 bridgehead atoms. The number of ether oxygens (including phenoxy) is 1. The quantitative estimate of drug-likeness (QED) is 0.562. The third kappa shape index (κ3) is 4.47. The Morgan fingerprint density at radius 3 is 2.36 bits per heavy atom. The Bertz CT molecular complexity index is 1060. The van der Waals surface area contributed by atoms with E-state index in [1.165, 1.54) is 35.2 Å². The highest BCUT2D eigenvalue weighted by molar-refractivity contribution is 5.55. The molecule has 0 spiro atoms. The first-order chi connectivity index (χ1) is 16.1. The molecule has 0 unspecified atom stereocenters. The van der Waals surface area contributed by atoms with Gasteiger partial charge in [-0.3, -0.25) is 4.90 Å². The summed E-state index contributed by atoms with van der Waals surface area (Å²) in [5.74, 6) is 1.83. The number of anilines is 1. The third-order valence-electron chi connectivity index (χ3n) is 7.25. The van der Waals surface area contributed by atoms with Crippen LogP contribution in [-0.2, 0) is 0 Å². The lowest BCUT2D eigenvalue weighted by molar-refractivity contribution is 0.197. The van der Waals surface area contributed by atoms with Crippen LogP contribution in [0.1, 0.15) is 60.3 Å². The van der Waals surface area contributed by atoms with Gasteiger partial charge in [0.05, 0.1) is 19.2 Å². The first-order valence-corrected chi connectivity index (χ1v) is 12.1. The summed E-state index contributed by atoms with van der Waals surface area (Å²) >= 11 is 0. The molecule has 3 aromatic rings. The van der Waals surface area contributed by atoms with Gasteiger partial charge < -0.3 is 9.64 Å². The Kier molecular flexibility index (Phi) is 6.31. The van der Waals surface area contributed by atoms with Crippen LogP contribution in [0.4, 0.5) is 5.69 Å². The van der Waals surface area contributed by atoms with Gasteiger partial charge in [-0.25, -0.2) is 4.68 Å². The molecule has 0 radical (unpaired) electrons. The molecular weight excluding hydrogens is 412 g/mol. The van der Waals surface area contributed by atoms with Crippen molar-refractivity contribution < 1.29 is 4.74 Å². The van der Waals surface area contributed by atoms with E-state index in [1.54, 1.807) is 7.11 Å². The number of aromatic nitrogens is 4. The number of tetrazole rings is 1. The monoisotopic (exact) mass is 446 g/mol. The van der Waals surface area contributed by atoms with Crippen LogP contribution in [-0.4, -0.2) is 58.4 Å². The maximum atomic E-state index is 5.41. The lowest BCUT2D eigenvalue weighted by Gasteiger charge is -2.40. The Balaban J connectivity index is 1.43. The Hall–Kier alpha value is -2.93. The second-order valence-corrected chi connectivity index (χ2v) is 9.41. The van der Waals surface area contributed by atoms with Crippen LogP contribution < -0.4 is 9.64 Å². The molecule has 1 atom stereocenters. The zero-order valence-corrected chi connectivity index (χ0v) is 19.9. The molecule has 1 aliphatic carbocycles. The van der Waals surface area contributed by atoms with E-state index in [9.17, 15) is 0 Å². The molecule has 2 heterocycles. The smallest absolute Gasteiger partial charge is 0.173 e. The topological polar surface area (TPSA) is 59.3 Å². The molecular formula is C26H34N6O. The minimum absolute atomic E-state index is 0.0345. The summed E-state index contributed by atoms with van der Waals surface area (Å²) in [5.41, 5.74) is 5.22. The largest absolute Gasteiger partial charge is 0.497 e. The molecule has 1 saturated carbocycles. The SMILES string of the molecule is COc1ccc([C@H](c2nnnn2C2CCCC2)N2CCN(c3cc(C)ccc3C)CC2)cc1. The van der Waals surface area contributed by atoms with Gasteiger partial charge in [0.25, 0.3) is 0 Å². The maximum Gasteiger partial charge on any atom is 0.173 e. The van der Waals surface area contributed by atoms with Crippen LogP contribution in [0.25, 0.3) is 0 Å². The number of nitrogens with zero attached hydrogens (tertiary/aromatic N) is 6. The average molecular weight is 447 g/mol. The molecule has 1 saturated heterocycles. The summed E-state index contributed by atoms with van der Waals surface area (Å²) in [7, 11) is 1.71. The molecule has 7 nitrogen and oxygen atoms in total. The van der Waals surface area contributed by atoms with E-state index >= 15 is 0 Å². The predicted molar refractivity (Wildman–Crippen MR) is 130 cm³/mol. The number of piperazine rings is 1. The van der Waals surface area contributed by atoms with Crippen LogP contribution in [0.3, 0.4) is 0 Å². The van der Waals surface area contributed by atoms with Crippen molar-refractivity contribution in [3.05, 3.63) is 65.0 Å². The number of methoxy groups -OCH3 is 1. The van der Waals surface area contributed by atoms with Crippen molar-refractivity contribution in [2.45, 2.75) is 51.6 Å². The highest BCUT2D eigenvalue weighted by Crippen LogP contribution is 2.35. The average Bonchev–Trinajstić information content (AvgIpc) is 3.54. The van der Waals surface area contributed by atoms with E-state index in [4.69, 9.17) is 4.74 Å². The summed E-state index contributed by atoms with van der Waals surface area (Å²) in [6, 6.07) is 15.6. The van der Waals surface area contributed by atoms with Gasteiger partial charge in [-0.1, -0.05) is 37.1 Å². The van der Waals surface area contributed by atoms with E-state index in [-0.39, 0.29) is 6.04 Å². The highest BCUT2D eigenvalue weighted by Gasteiger charge is 2.33. The van der Waals surface area contributed by atoms with Crippen molar-refractivity contribution in [1.82, 2.24) is 25.1 Å². The Morgan fingerprint density at radius 2 is 1.67 bits per heavy atom. The van der Waals surface area contributed by atoms with Crippen molar-refractivity contribution >= 4 is 5.69 Å². The van der Waals surface area contributed by atoms with Crippen LogP contribution in [0.15, 0.2) is 42.5 Å². The minimum Gasteiger partial charge on any atom is -0.497 e. The molecule has 1 aromatic heterocycles. The molecule has 5 rings (SSSR count). The number of hydrogen-bond donors (Lipinski definition) is 0. The Morgan fingerprint density at radius 1 is 0.939 bits per heavy atom. The maximum absolute atomic E-state index is 5.41. The predicted octanol–water partition coefficient (Wildman–Crippen LogP) is 4.33. The van der Waals surface area contributed by atoms with E-state index in [0.717, 1.165) is 50.6 Å². The summed E-state index contributed by atoms with van der Waals surface area (Å²) in [6.45, 7) is 8.27. The summed E-state index contributed by atoms with van der Waals surface area (Å²) in [6.07, 6.45) is 4.83. The zero-order chi connectivity index (χ0) is 22.8. The van der Waals surface area contributed by atoms with E-state index in [2.05, 4.69) is 74.2 Å². The van der Waals surface area contributed by atoms with Crippen molar-refractivity contribution in [3.63, 3.8) is 0 Å². The standard InChI is InChI=1S/C26H34N6O/c1-19-8-9-20(2)24(18-19)30-14-16-31(17-15-30)25(21-10-12-23(33-3)13-11-21)26-27-28-29-32(26)22-6-4-5-7-22/h8-13,18,22,25H,4-7,14-17H2,1-3H3/t25-/m1/s1. The Labute approximate surface area is 196 Å². The fourth-order valence-corrected chi connectivity index (χ4v) is 5.38. The molecule has 0 amide bonds. The first-order valence-electron chi connectivity index (χ1n) is 12.1. The van der Waals surface area contributed by atoms with Gasteiger partial charge in [-0.05, 0) is 72.0 Å². The van der Waals surface area contributed by atoms with Crippen LogP contribution in [0.5, 0.6) is 5.75 Å². The van der Waals surface area contributed by atoms with E-state index < -0.39 is 0 Å². The van der Waals surface area contributed by atoms with Crippen molar-refractivity contribution in [2.75, 3.05) is 38.2 Å². The van der Waals surface area contributed by atoms with Crippen molar-refractivity contribution in [1.29, 1.82) is 0 Å². The first kappa shape index (κ1) is 21.9. The third-order valence-corrected chi connectivity index (χ3v) is 7.25. The fraction of sp³-hybridized carbons (Fsp3) is 0.500. The number of rotatable bonds is 6. The number of benzene rings is 2. The van der Waals surface area contributed by atoms with Gasteiger partial charge in [0.1, 0.15) is 5.75 Å². The van der Waals surface area contributed by atoms with E-state index in [1.807, 2.05) is 12.1 Å². The number of aryl methyl sites for hydroxylation is 2. The highest BCUT2D eigenvalue weighted by atomic mass is 16.5. The molecule has 2 aliphatic rings. The van der Waals surface area contributed by atoms with Crippen molar-refractivity contribution in [2.24, 2.45) is 0 Å². The van der Waals surface area contributed by atoms with Gasteiger partial charge in [0.2, 0.25) is 0 Å². The van der Waals surface area contributed by atoms with Gasteiger partial charge >= 0.3 is 0 Å². The molecule has 2 aromatic carbocycles. The second-order valence-electron chi connectivity index (χ2n) is 9.41. The van der Waals surface area contributed by atoms with Gasteiger partial charge in [-0.2, -0.15) is 0 Å². The second kappa shape index (κ2) is 9.51. The van der Waals surface area contributed by atoms with Gasteiger partial charge in [-0.15, -0.1) is 5.10 Å². The zero-order valence-electron chi connectivity index (χ0n) is 19.9. The van der Waals surface area contributed by atoms with Gasteiger partial charge in [0, 0.05) is 31.9 Å². The van der Waals surface area contributed by atoms with Crippen molar-refractivity contribution in [3.8, 4) is 5.75 Å². The van der Waals surface area contributed by atoms with Crippen LogP contribution in [0, 0.1) is 13.8 Å². The number of hydrogen-bond acceptors (Lipinski definition) is 6. The normalized spacial score (nSPS) is 18.6. The van der Waals surface area contributed by atoms with Crippen LogP contribution in [0.2, 0.25) is 0 Å². The molecule has 1 aliphatic heterocycles. The molecule has 33 heavy (non-hydrogen) atoms. The lowest BCUT2D eigenvalue weighted by atomic mass is 10.0. The summed E-state index contributed by atoms with van der Waals surface area (Å²) < 4.78 is 7.52. The fourth-order valence-electron chi connectivity index (χ4n) is 5.38.